The number of alkyl halides is 2. The van der Waals surface area contributed by atoms with Crippen LogP contribution in [0.4, 0.5) is 19.0 Å². The van der Waals surface area contributed by atoms with Crippen LogP contribution in [0.3, 0.4) is 0 Å². The highest BCUT2D eigenvalue weighted by Crippen LogP contribution is 2.60. The number of nitrogens with one attached hydrogen (secondary N) is 1. The Hall–Kier alpha value is -3.37. The van der Waals surface area contributed by atoms with Crippen molar-refractivity contribution in [1.29, 1.82) is 0 Å². The number of amides is 1. The Morgan fingerprint density at radius 2 is 2.28 bits per heavy atom. The maximum atomic E-state index is 14.5. The van der Waals surface area contributed by atoms with Crippen LogP contribution in [0.5, 0.6) is 0 Å². The fourth-order valence-corrected chi connectivity index (χ4v) is 4.56. The number of hydrogen-bond acceptors (Lipinski definition) is 6. The third-order valence-corrected chi connectivity index (χ3v) is 6.20. The smallest absolute Gasteiger partial charge is 0.298 e. The van der Waals surface area contributed by atoms with Gasteiger partial charge in [-0.2, -0.15) is 5.10 Å². The van der Waals surface area contributed by atoms with Crippen molar-refractivity contribution in [3.8, 4) is 0 Å². The van der Waals surface area contributed by atoms with Gasteiger partial charge in [0.1, 0.15) is 17.2 Å². The number of carbonyl (C=O) groups excluding carboxylic acids is 1. The quantitative estimate of drug-likeness (QED) is 0.728. The first-order chi connectivity index (χ1) is 15.2. The summed E-state index contributed by atoms with van der Waals surface area (Å²) < 4.78 is 49.1. The van der Waals surface area contributed by atoms with Gasteiger partial charge in [0.2, 0.25) is 5.90 Å². The topological polar surface area (TPSA) is 84.1 Å². The molecule has 2 aromatic heterocycles. The van der Waals surface area contributed by atoms with Crippen molar-refractivity contribution in [1.82, 2.24) is 19.9 Å². The number of aromatic nitrogens is 3. The first kappa shape index (κ1) is 20.5. The highest BCUT2D eigenvalue weighted by Gasteiger charge is 2.65. The summed E-state index contributed by atoms with van der Waals surface area (Å²) in [6.45, 7) is 3.97. The van der Waals surface area contributed by atoms with Crippen LogP contribution in [0.15, 0.2) is 47.6 Å². The molecule has 0 unspecified atom stereocenters. The summed E-state index contributed by atoms with van der Waals surface area (Å²) in [6.07, 6.45) is 5.46. The standard InChI is InChI=1S/C21H21F3N6O2/c1-12(22)8-25-19-13(2)21-7-14(21)3-5-29(21)16-4-6-30-17(28-16)15(9-27-30)18(31)26-10-20(23,24)11-32-19/h4,6,8-9,14H,2-3,5,7,10-11H2,1H3,(H,26,31)/b12-8+,25-19+/t14-,21-/m0/s1. The van der Waals surface area contributed by atoms with Gasteiger partial charge in [-0.3, -0.25) is 4.79 Å². The van der Waals surface area contributed by atoms with Crippen LogP contribution in [0.2, 0.25) is 0 Å². The van der Waals surface area contributed by atoms with E-state index in [0.717, 1.165) is 19.0 Å². The minimum Gasteiger partial charge on any atom is -0.471 e. The molecule has 1 N–H and O–H groups in total. The minimum absolute atomic E-state index is 0.103. The molecule has 1 spiro atoms. The second-order valence-electron chi connectivity index (χ2n) is 8.33. The first-order valence-corrected chi connectivity index (χ1v) is 10.2. The van der Waals surface area contributed by atoms with Gasteiger partial charge in [-0.15, -0.1) is 0 Å². The van der Waals surface area contributed by atoms with E-state index >= 15 is 0 Å². The molecule has 5 rings (SSSR count). The Balaban J connectivity index is 1.64. The fourth-order valence-electron chi connectivity index (χ4n) is 4.56. The van der Waals surface area contributed by atoms with Gasteiger partial charge in [0.25, 0.3) is 11.8 Å². The van der Waals surface area contributed by atoms with Crippen molar-refractivity contribution >= 4 is 23.3 Å². The summed E-state index contributed by atoms with van der Waals surface area (Å²) in [4.78, 5) is 23.2. The average molecular weight is 446 g/mol. The van der Waals surface area contributed by atoms with E-state index in [1.807, 2.05) is 4.90 Å². The number of nitrogens with zero attached hydrogens (tertiary/aromatic N) is 5. The zero-order valence-electron chi connectivity index (χ0n) is 17.3. The van der Waals surface area contributed by atoms with Crippen LogP contribution >= 0.6 is 0 Å². The van der Waals surface area contributed by atoms with Crippen LogP contribution < -0.4 is 10.2 Å². The lowest BCUT2D eigenvalue weighted by Gasteiger charge is -2.32. The Labute approximate surface area is 181 Å². The first-order valence-electron chi connectivity index (χ1n) is 10.2. The number of halogens is 3. The average Bonchev–Trinajstić information content (AvgIpc) is 3.13. The van der Waals surface area contributed by atoms with E-state index in [9.17, 15) is 18.0 Å². The van der Waals surface area contributed by atoms with Crippen LogP contribution in [0, 0.1) is 5.92 Å². The number of hydrogen-bond donors (Lipinski definition) is 1. The number of aliphatic imine (C=N–C) groups is 1. The largest absolute Gasteiger partial charge is 0.471 e. The molecule has 3 aliphatic rings. The summed E-state index contributed by atoms with van der Waals surface area (Å²) >= 11 is 0. The van der Waals surface area contributed by atoms with E-state index in [4.69, 9.17) is 4.74 Å². The lowest BCUT2D eigenvalue weighted by Crippen LogP contribution is -2.43. The number of piperidine rings is 1. The zero-order chi connectivity index (χ0) is 22.7. The molecule has 1 saturated carbocycles. The van der Waals surface area contributed by atoms with Gasteiger partial charge in [0.05, 0.1) is 24.5 Å². The van der Waals surface area contributed by atoms with E-state index in [0.29, 0.717) is 17.9 Å². The van der Waals surface area contributed by atoms with Crippen LogP contribution in [0.1, 0.15) is 30.1 Å². The van der Waals surface area contributed by atoms with E-state index in [2.05, 4.69) is 27.0 Å². The van der Waals surface area contributed by atoms with Crippen LogP contribution in [-0.2, 0) is 4.74 Å². The normalized spacial score (nSPS) is 28.9. The van der Waals surface area contributed by atoms with Crippen molar-refractivity contribution in [2.24, 2.45) is 10.9 Å². The predicted octanol–water partition coefficient (Wildman–Crippen LogP) is 2.88. The molecule has 2 aliphatic heterocycles. The van der Waals surface area contributed by atoms with E-state index in [1.54, 1.807) is 12.3 Å². The molecule has 0 radical (unpaired) electrons. The minimum atomic E-state index is -3.40. The summed E-state index contributed by atoms with van der Waals surface area (Å²) in [5, 5.41) is 6.31. The van der Waals surface area contributed by atoms with Crippen LogP contribution in [0.25, 0.3) is 5.65 Å². The number of anilines is 1. The molecule has 2 fully saturated rings. The SMILES string of the molecule is C=C1/C(=N\C=C(/C)F)OCC(F)(F)CNC(=O)c2cnn3ccc(nc23)N2CC[C@H]3C[C@]132. The van der Waals surface area contributed by atoms with Gasteiger partial charge >= 0.3 is 0 Å². The van der Waals surface area contributed by atoms with Gasteiger partial charge < -0.3 is 15.0 Å². The Bertz CT molecular complexity index is 1190. The van der Waals surface area contributed by atoms with E-state index in [1.165, 1.54) is 17.6 Å². The van der Waals surface area contributed by atoms with Crippen molar-refractivity contribution in [3.63, 3.8) is 0 Å². The van der Waals surface area contributed by atoms with Gasteiger partial charge in [0.15, 0.2) is 12.3 Å². The summed E-state index contributed by atoms with van der Waals surface area (Å²) in [5.74, 6) is -4.03. The molecule has 2 bridgehead atoms. The van der Waals surface area contributed by atoms with Gasteiger partial charge in [0, 0.05) is 18.3 Å². The maximum absolute atomic E-state index is 14.5. The zero-order valence-corrected chi connectivity index (χ0v) is 17.3. The number of rotatable bonds is 1. The molecule has 0 aromatic carbocycles. The Morgan fingerprint density at radius 1 is 1.47 bits per heavy atom. The molecule has 1 amide bonds. The number of fused-ring (bicyclic) bond motifs is 2. The van der Waals surface area contributed by atoms with Crippen molar-refractivity contribution in [2.45, 2.75) is 31.2 Å². The molecule has 168 valence electrons. The number of allylic oxidation sites excluding steroid dienone is 1. The van der Waals surface area contributed by atoms with Crippen molar-refractivity contribution in [2.75, 3.05) is 24.6 Å². The Kier molecular flexibility index (Phi) is 4.54. The molecule has 1 aliphatic carbocycles. The van der Waals surface area contributed by atoms with Crippen molar-refractivity contribution < 1.29 is 22.7 Å². The monoisotopic (exact) mass is 446 g/mol. The van der Waals surface area contributed by atoms with Gasteiger partial charge in [-0.25, -0.2) is 27.7 Å². The highest BCUT2D eigenvalue weighted by molar-refractivity contribution is 6.00. The molecule has 1 saturated heterocycles. The fraction of sp³-hybridized carbons (Fsp3) is 0.429. The van der Waals surface area contributed by atoms with Gasteiger partial charge in [-0.1, -0.05) is 6.58 Å². The van der Waals surface area contributed by atoms with E-state index < -0.39 is 36.3 Å². The third kappa shape index (κ3) is 3.23. The molecular formula is C21H21F3N6O2. The molecule has 11 heteroatoms. The number of ether oxygens (including phenoxy) is 1. The predicted molar refractivity (Wildman–Crippen MR) is 110 cm³/mol. The second-order valence-corrected chi connectivity index (χ2v) is 8.33. The molecule has 2 atom stereocenters. The molecule has 8 nitrogen and oxygen atoms in total. The molecule has 2 aromatic rings. The lowest BCUT2D eigenvalue weighted by atomic mass is 10.0. The second kappa shape index (κ2) is 7.07. The Morgan fingerprint density at radius 3 is 3.03 bits per heavy atom. The molecule has 32 heavy (non-hydrogen) atoms. The maximum Gasteiger partial charge on any atom is 0.298 e. The molecular weight excluding hydrogens is 425 g/mol. The summed E-state index contributed by atoms with van der Waals surface area (Å²) in [7, 11) is 0. The number of carbonyl (C=O) groups is 1. The summed E-state index contributed by atoms with van der Waals surface area (Å²) in [6, 6.07) is 1.78. The van der Waals surface area contributed by atoms with Crippen molar-refractivity contribution in [3.05, 3.63) is 48.2 Å². The highest BCUT2D eigenvalue weighted by atomic mass is 19.3. The van der Waals surface area contributed by atoms with Gasteiger partial charge in [-0.05, 0) is 31.7 Å². The molecule has 4 heterocycles. The third-order valence-electron chi connectivity index (χ3n) is 6.20. The lowest BCUT2D eigenvalue weighted by molar-refractivity contribution is -0.0414. The van der Waals surface area contributed by atoms with Crippen LogP contribution in [-0.4, -0.2) is 57.6 Å². The summed E-state index contributed by atoms with van der Waals surface area (Å²) in [5.41, 5.74) is 0.173. The van der Waals surface area contributed by atoms with E-state index in [-0.39, 0.29) is 23.0 Å².